The highest BCUT2D eigenvalue weighted by Crippen LogP contribution is 2.22. The first-order valence-corrected chi connectivity index (χ1v) is 5.90. The number of carbonyl (C=O) groups excluding carboxylic acids is 1. The highest BCUT2D eigenvalue weighted by Gasteiger charge is 2.13. The molecule has 6 heteroatoms. The number of ether oxygens (including phenoxy) is 1. The lowest BCUT2D eigenvalue weighted by molar-refractivity contribution is -0.604. The SMILES string of the molecule is CCOC(=O)c1csc(-c2ccc[n+]([O-])c2)n1. The Hall–Kier alpha value is -1.95. The predicted molar refractivity (Wildman–Crippen MR) is 62.5 cm³/mol. The lowest BCUT2D eigenvalue weighted by Crippen LogP contribution is -2.23. The van der Waals surface area contributed by atoms with Crippen LogP contribution < -0.4 is 4.73 Å². The van der Waals surface area contributed by atoms with Gasteiger partial charge in [0.05, 0.1) is 12.2 Å². The van der Waals surface area contributed by atoms with E-state index in [0.29, 0.717) is 21.9 Å². The van der Waals surface area contributed by atoms with Crippen molar-refractivity contribution in [3.8, 4) is 10.6 Å². The van der Waals surface area contributed by atoms with Crippen LogP contribution in [0.1, 0.15) is 17.4 Å². The Morgan fingerprint density at radius 1 is 1.65 bits per heavy atom. The molecule has 0 aromatic carbocycles. The van der Waals surface area contributed by atoms with Gasteiger partial charge in [-0.3, -0.25) is 0 Å². The molecule has 2 heterocycles. The number of thiazole rings is 1. The number of pyridine rings is 1. The fraction of sp³-hybridized carbons (Fsp3) is 0.182. The van der Waals surface area contributed by atoms with E-state index in [4.69, 9.17) is 4.74 Å². The van der Waals surface area contributed by atoms with E-state index < -0.39 is 5.97 Å². The van der Waals surface area contributed by atoms with Gasteiger partial charge in [-0.2, -0.15) is 4.73 Å². The third kappa shape index (κ3) is 2.59. The number of aromatic nitrogens is 2. The van der Waals surface area contributed by atoms with Crippen LogP contribution in [-0.4, -0.2) is 17.6 Å². The molecule has 17 heavy (non-hydrogen) atoms. The second-order valence-electron chi connectivity index (χ2n) is 3.21. The molecule has 0 amide bonds. The van der Waals surface area contributed by atoms with Crippen molar-refractivity contribution in [2.45, 2.75) is 6.92 Å². The van der Waals surface area contributed by atoms with Crippen LogP contribution in [0, 0.1) is 5.21 Å². The lowest BCUT2D eigenvalue weighted by atomic mass is 10.3. The summed E-state index contributed by atoms with van der Waals surface area (Å²) in [6, 6.07) is 3.40. The van der Waals surface area contributed by atoms with Gasteiger partial charge in [-0.15, -0.1) is 11.3 Å². The Morgan fingerprint density at radius 3 is 3.18 bits per heavy atom. The summed E-state index contributed by atoms with van der Waals surface area (Å²) in [5.74, 6) is -0.444. The largest absolute Gasteiger partial charge is 0.619 e. The maximum absolute atomic E-state index is 11.4. The van der Waals surface area contributed by atoms with Gasteiger partial charge >= 0.3 is 5.97 Å². The summed E-state index contributed by atoms with van der Waals surface area (Å²) in [7, 11) is 0. The fourth-order valence-electron chi connectivity index (χ4n) is 1.29. The average molecular weight is 250 g/mol. The average Bonchev–Trinajstić information content (AvgIpc) is 2.78. The number of hydrogen-bond acceptors (Lipinski definition) is 5. The smallest absolute Gasteiger partial charge is 0.357 e. The zero-order chi connectivity index (χ0) is 12.3. The molecule has 0 fully saturated rings. The number of carbonyl (C=O) groups is 1. The van der Waals surface area contributed by atoms with E-state index in [2.05, 4.69) is 4.98 Å². The van der Waals surface area contributed by atoms with Gasteiger partial charge < -0.3 is 9.94 Å². The van der Waals surface area contributed by atoms with Crippen molar-refractivity contribution in [2.24, 2.45) is 0 Å². The van der Waals surface area contributed by atoms with E-state index in [0.717, 1.165) is 0 Å². The molecule has 0 saturated heterocycles. The quantitative estimate of drug-likeness (QED) is 0.471. The fourth-order valence-corrected chi connectivity index (χ4v) is 2.07. The van der Waals surface area contributed by atoms with Gasteiger partial charge in [0.2, 0.25) is 0 Å². The number of nitrogens with zero attached hydrogens (tertiary/aromatic N) is 2. The molecular formula is C11H10N2O3S. The van der Waals surface area contributed by atoms with Crippen LogP contribution in [0.15, 0.2) is 29.9 Å². The van der Waals surface area contributed by atoms with Gasteiger partial charge in [0.15, 0.2) is 18.1 Å². The first kappa shape index (κ1) is 11.5. The van der Waals surface area contributed by atoms with Crippen LogP contribution in [0.3, 0.4) is 0 Å². The van der Waals surface area contributed by atoms with Gasteiger partial charge in [-0.25, -0.2) is 9.78 Å². The predicted octanol–water partition coefficient (Wildman–Crippen LogP) is 1.62. The summed E-state index contributed by atoms with van der Waals surface area (Å²) in [6.45, 7) is 2.06. The van der Waals surface area contributed by atoms with Crippen LogP contribution in [0.5, 0.6) is 0 Å². The molecule has 0 aliphatic rings. The molecule has 0 radical (unpaired) electrons. The monoisotopic (exact) mass is 250 g/mol. The molecular weight excluding hydrogens is 240 g/mol. The third-order valence-electron chi connectivity index (χ3n) is 2.01. The number of rotatable bonds is 3. The molecule has 0 unspecified atom stereocenters. The van der Waals surface area contributed by atoms with Crippen LogP contribution >= 0.6 is 11.3 Å². The zero-order valence-electron chi connectivity index (χ0n) is 9.12. The highest BCUT2D eigenvalue weighted by molar-refractivity contribution is 7.13. The zero-order valence-corrected chi connectivity index (χ0v) is 9.94. The molecule has 88 valence electrons. The molecule has 0 spiro atoms. The minimum atomic E-state index is -0.444. The van der Waals surface area contributed by atoms with Crippen molar-refractivity contribution < 1.29 is 14.3 Å². The molecule has 0 N–H and O–H groups in total. The van der Waals surface area contributed by atoms with E-state index in [1.54, 1.807) is 24.4 Å². The molecule has 0 saturated carbocycles. The maximum Gasteiger partial charge on any atom is 0.357 e. The molecule has 0 aliphatic heterocycles. The van der Waals surface area contributed by atoms with Crippen LogP contribution in [0.25, 0.3) is 10.6 Å². The Bertz CT molecular complexity index is 539. The van der Waals surface area contributed by atoms with Crippen LogP contribution in [0.2, 0.25) is 0 Å². The standard InChI is InChI=1S/C11H10N2O3S/c1-2-16-11(14)9-7-17-10(12-9)8-4-3-5-13(15)6-8/h3-7H,2H2,1H3. The van der Waals surface area contributed by atoms with E-state index in [1.165, 1.54) is 23.7 Å². The molecule has 0 atom stereocenters. The Morgan fingerprint density at radius 2 is 2.47 bits per heavy atom. The van der Waals surface area contributed by atoms with E-state index in [9.17, 15) is 10.0 Å². The van der Waals surface area contributed by atoms with Gasteiger partial charge in [-0.05, 0) is 13.0 Å². The minimum absolute atomic E-state index is 0.271. The van der Waals surface area contributed by atoms with Gasteiger partial charge in [0, 0.05) is 11.4 Å². The minimum Gasteiger partial charge on any atom is -0.619 e. The number of hydrogen-bond donors (Lipinski definition) is 0. The van der Waals surface area contributed by atoms with E-state index in [-0.39, 0.29) is 5.69 Å². The van der Waals surface area contributed by atoms with Crippen molar-refractivity contribution in [3.05, 3.63) is 40.8 Å². The molecule has 0 bridgehead atoms. The highest BCUT2D eigenvalue weighted by atomic mass is 32.1. The summed E-state index contributed by atoms with van der Waals surface area (Å²) in [6.07, 6.45) is 2.80. The van der Waals surface area contributed by atoms with Crippen LogP contribution in [-0.2, 0) is 4.74 Å². The summed E-state index contributed by atoms with van der Waals surface area (Å²) in [5.41, 5.74) is 0.955. The first-order chi connectivity index (χ1) is 8.20. The van der Waals surface area contributed by atoms with Crippen molar-refractivity contribution in [1.29, 1.82) is 0 Å². The second kappa shape index (κ2) is 4.92. The Balaban J connectivity index is 2.27. The van der Waals surface area contributed by atoms with E-state index >= 15 is 0 Å². The van der Waals surface area contributed by atoms with Gasteiger partial charge in [0.25, 0.3) is 0 Å². The van der Waals surface area contributed by atoms with Crippen molar-refractivity contribution >= 4 is 17.3 Å². The third-order valence-corrected chi connectivity index (χ3v) is 2.90. The topological polar surface area (TPSA) is 66.1 Å². The summed E-state index contributed by atoms with van der Waals surface area (Å²) in [4.78, 5) is 15.5. The molecule has 5 nitrogen and oxygen atoms in total. The Kier molecular flexibility index (Phi) is 3.34. The summed E-state index contributed by atoms with van der Waals surface area (Å²) < 4.78 is 5.53. The van der Waals surface area contributed by atoms with Crippen molar-refractivity contribution in [3.63, 3.8) is 0 Å². The van der Waals surface area contributed by atoms with Gasteiger partial charge in [-0.1, -0.05) is 0 Å². The maximum atomic E-state index is 11.4. The first-order valence-electron chi connectivity index (χ1n) is 5.02. The molecule has 2 rings (SSSR count). The van der Waals surface area contributed by atoms with E-state index in [1.807, 2.05) is 0 Å². The van der Waals surface area contributed by atoms with Crippen molar-refractivity contribution in [2.75, 3.05) is 6.61 Å². The lowest BCUT2D eigenvalue weighted by Gasteiger charge is -1.97. The Labute approximate surface area is 102 Å². The van der Waals surface area contributed by atoms with Crippen LogP contribution in [0.4, 0.5) is 0 Å². The second-order valence-corrected chi connectivity index (χ2v) is 4.07. The molecule has 0 aliphatic carbocycles. The summed E-state index contributed by atoms with van der Waals surface area (Å²) in [5, 5.41) is 13.4. The summed E-state index contributed by atoms with van der Waals surface area (Å²) >= 11 is 1.30. The normalized spacial score (nSPS) is 10.2. The molecule has 2 aromatic rings. The van der Waals surface area contributed by atoms with Gasteiger partial charge in [0.1, 0.15) is 5.01 Å². The number of esters is 1. The molecule has 2 aromatic heterocycles. The van der Waals surface area contributed by atoms with Crippen molar-refractivity contribution in [1.82, 2.24) is 4.98 Å².